The SMILES string of the molecule is CCCN(C(=O)CC1COCC1C(C)C)C1CC1. The number of amides is 1. The number of nitrogens with zero attached hydrogens (tertiary/aromatic N) is 1. The molecule has 1 heterocycles. The van der Waals surface area contributed by atoms with Crippen molar-refractivity contribution in [3.8, 4) is 0 Å². The average Bonchev–Trinajstić information content (AvgIpc) is 3.05. The Morgan fingerprint density at radius 2 is 2.06 bits per heavy atom. The van der Waals surface area contributed by atoms with Crippen LogP contribution in [0.25, 0.3) is 0 Å². The number of carbonyl (C=O) groups is 1. The van der Waals surface area contributed by atoms with Gasteiger partial charge in [0.2, 0.25) is 5.91 Å². The molecule has 3 heteroatoms. The van der Waals surface area contributed by atoms with E-state index in [2.05, 4.69) is 25.7 Å². The molecule has 1 saturated heterocycles. The zero-order chi connectivity index (χ0) is 13.1. The van der Waals surface area contributed by atoms with E-state index in [0.29, 0.717) is 36.1 Å². The van der Waals surface area contributed by atoms with Gasteiger partial charge in [0.05, 0.1) is 13.2 Å². The summed E-state index contributed by atoms with van der Waals surface area (Å²) in [5.74, 6) is 1.98. The van der Waals surface area contributed by atoms with Crippen LogP contribution >= 0.6 is 0 Å². The van der Waals surface area contributed by atoms with E-state index in [1.54, 1.807) is 0 Å². The molecule has 2 unspecified atom stereocenters. The van der Waals surface area contributed by atoms with Gasteiger partial charge in [-0.1, -0.05) is 20.8 Å². The minimum absolute atomic E-state index is 0.362. The predicted molar refractivity (Wildman–Crippen MR) is 72.3 cm³/mol. The fourth-order valence-corrected chi connectivity index (χ4v) is 3.04. The van der Waals surface area contributed by atoms with E-state index in [1.165, 1.54) is 12.8 Å². The van der Waals surface area contributed by atoms with Gasteiger partial charge in [-0.05, 0) is 37.0 Å². The van der Waals surface area contributed by atoms with Crippen molar-refractivity contribution in [1.82, 2.24) is 4.90 Å². The van der Waals surface area contributed by atoms with E-state index in [1.807, 2.05) is 0 Å². The van der Waals surface area contributed by atoms with Gasteiger partial charge in [-0.2, -0.15) is 0 Å². The number of hydrogen-bond acceptors (Lipinski definition) is 2. The molecule has 0 aromatic rings. The maximum absolute atomic E-state index is 12.4. The van der Waals surface area contributed by atoms with Crippen molar-refractivity contribution in [2.45, 2.75) is 52.5 Å². The zero-order valence-electron chi connectivity index (χ0n) is 12.0. The lowest BCUT2D eigenvalue weighted by Crippen LogP contribution is -2.36. The normalized spacial score (nSPS) is 27.8. The lowest BCUT2D eigenvalue weighted by Gasteiger charge is -2.26. The summed E-state index contributed by atoms with van der Waals surface area (Å²) in [7, 11) is 0. The number of ether oxygens (including phenoxy) is 1. The predicted octanol–water partition coefficient (Wildman–Crippen LogP) is 2.70. The van der Waals surface area contributed by atoms with Gasteiger partial charge in [-0.25, -0.2) is 0 Å². The molecule has 18 heavy (non-hydrogen) atoms. The van der Waals surface area contributed by atoms with E-state index in [0.717, 1.165) is 26.2 Å². The Bertz CT molecular complexity index is 286. The van der Waals surface area contributed by atoms with Crippen LogP contribution in [0.1, 0.15) is 46.5 Å². The van der Waals surface area contributed by atoms with Gasteiger partial charge in [-0.3, -0.25) is 4.79 Å². The van der Waals surface area contributed by atoms with Crippen molar-refractivity contribution in [3.63, 3.8) is 0 Å². The monoisotopic (exact) mass is 253 g/mol. The lowest BCUT2D eigenvalue weighted by molar-refractivity contribution is -0.133. The van der Waals surface area contributed by atoms with E-state index in [4.69, 9.17) is 4.74 Å². The Morgan fingerprint density at radius 1 is 1.33 bits per heavy atom. The maximum Gasteiger partial charge on any atom is 0.223 e. The quantitative estimate of drug-likeness (QED) is 0.728. The Labute approximate surface area is 111 Å². The van der Waals surface area contributed by atoms with Crippen LogP contribution in [-0.4, -0.2) is 36.6 Å². The first-order chi connectivity index (χ1) is 8.63. The lowest BCUT2D eigenvalue weighted by atomic mass is 9.84. The molecule has 0 N–H and O–H groups in total. The molecule has 2 atom stereocenters. The fourth-order valence-electron chi connectivity index (χ4n) is 3.04. The minimum Gasteiger partial charge on any atom is -0.381 e. The first-order valence-corrected chi connectivity index (χ1v) is 7.50. The summed E-state index contributed by atoms with van der Waals surface area (Å²) in [4.78, 5) is 14.5. The summed E-state index contributed by atoms with van der Waals surface area (Å²) in [6, 6.07) is 0.553. The third-order valence-corrected chi connectivity index (χ3v) is 4.31. The third kappa shape index (κ3) is 3.25. The maximum atomic E-state index is 12.4. The van der Waals surface area contributed by atoms with Crippen LogP contribution in [0.3, 0.4) is 0 Å². The van der Waals surface area contributed by atoms with Crippen LogP contribution in [0.15, 0.2) is 0 Å². The highest BCUT2D eigenvalue weighted by Crippen LogP contribution is 2.33. The van der Waals surface area contributed by atoms with Gasteiger partial charge in [0.25, 0.3) is 0 Å². The molecule has 1 saturated carbocycles. The molecule has 1 aliphatic carbocycles. The second-order valence-corrected chi connectivity index (χ2v) is 6.23. The molecule has 2 aliphatic rings. The minimum atomic E-state index is 0.362. The van der Waals surface area contributed by atoms with Crippen LogP contribution in [0, 0.1) is 17.8 Å². The Kier molecular flexibility index (Phi) is 4.66. The average molecular weight is 253 g/mol. The summed E-state index contributed by atoms with van der Waals surface area (Å²) in [5, 5.41) is 0. The van der Waals surface area contributed by atoms with E-state index in [-0.39, 0.29) is 0 Å². The van der Waals surface area contributed by atoms with E-state index in [9.17, 15) is 4.79 Å². The van der Waals surface area contributed by atoms with Crippen LogP contribution in [0.5, 0.6) is 0 Å². The van der Waals surface area contributed by atoms with Gasteiger partial charge >= 0.3 is 0 Å². The summed E-state index contributed by atoms with van der Waals surface area (Å²) in [5.41, 5.74) is 0. The van der Waals surface area contributed by atoms with Crippen molar-refractivity contribution in [2.24, 2.45) is 17.8 Å². The van der Waals surface area contributed by atoms with Crippen LogP contribution in [0.2, 0.25) is 0 Å². The van der Waals surface area contributed by atoms with Crippen molar-refractivity contribution in [1.29, 1.82) is 0 Å². The van der Waals surface area contributed by atoms with Gasteiger partial charge in [-0.15, -0.1) is 0 Å². The number of rotatable bonds is 6. The standard InChI is InChI=1S/C15H27NO2/c1-4-7-16(13-5-6-13)15(17)8-12-9-18-10-14(12)11(2)3/h11-14H,4-10H2,1-3H3. The van der Waals surface area contributed by atoms with Crippen LogP contribution in [0.4, 0.5) is 0 Å². The number of carbonyl (C=O) groups excluding carboxylic acids is 1. The highest BCUT2D eigenvalue weighted by atomic mass is 16.5. The molecule has 1 aliphatic heterocycles. The molecule has 104 valence electrons. The molecular weight excluding hydrogens is 226 g/mol. The smallest absolute Gasteiger partial charge is 0.223 e. The van der Waals surface area contributed by atoms with Crippen LogP contribution < -0.4 is 0 Å². The zero-order valence-corrected chi connectivity index (χ0v) is 12.0. The van der Waals surface area contributed by atoms with E-state index >= 15 is 0 Å². The summed E-state index contributed by atoms with van der Waals surface area (Å²) in [6.07, 6.45) is 4.18. The first-order valence-electron chi connectivity index (χ1n) is 7.50. The second-order valence-electron chi connectivity index (χ2n) is 6.23. The topological polar surface area (TPSA) is 29.5 Å². The van der Waals surface area contributed by atoms with Crippen LogP contribution in [-0.2, 0) is 9.53 Å². The highest BCUT2D eigenvalue weighted by Gasteiger charge is 2.36. The van der Waals surface area contributed by atoms with Gasteiger partial charge in [0.15, 0.2) is 0 Å². The Hall–Kier alpha value is -0.570. The summed E-state index contributed by atoms with van der Waals surface area (Å²) >= 11 is 0. The van der Waals surface area contributed by atoms with Gasteiger partial charge in [0, 0.05) is 19.0 Å². The Balaban J connectivity index is 1.88. The van der Waals surface area contributed by atoms with Crippen molar-refractivity contribution >= 4 is 5.91 Å². The summed E-state index contributed by atoms with van der Waals surface area (Å²) < 4.78 is 5.58. The molecule has 0 radical (unpaired) electrons. The summed E-state index contributed by atoms with van der Waals surface area (Å²) in [6.45, 7) is 9.18. The second kappa shape index (κ2) is 6.05. The largest absolute Gasteiger partial charge is 0.381 e. The molecule has 1 amide bonds. The molecule has 2 fully saturated rings. The fraction of sp³-hybridized carbons (Fsp3) is 0.933. The molecular formula is C15H27NO2. The van der Waals surface area contributed by atoms with Gasteiger partial charge in [0.1, 0.15) is 0 Å². The highest BCUT2D eigenvalue weighted by molar-refractivity contribution is 5.77. The molecule has 0 aromatic heterocycles. The molecule has 0 bridgehead atoms. The Morgan fingerprint density at radius 3 is 2.61 bits per heavy atom. The number of hydrogen-bond donors (Lipinski definition) is 0. The molecule has 0 aromatic carbocycles. The van der Waals surface area contributed by atoms with Crippen molar-refractivity contribution in [3.05, 3.63) is 0 Å². The first kappa shape index (κ1) is 13.9. The van der Waals surface area contributed by atoms with E-state index < -0.39 is 0 Å². The molecule has 0 spiro atoms. The molecule has 2 rings (SSSR count). The third-order valence-electron chi connectivity index (χ3n) is 4.31. The van der Waals surface area contributed by atoms with Crippen molar-refractivity contribution < 1.29 is 9.53 Å². The van der Waals surface area contributed by atoms with Crippen molar-refractivity contribution in [2.75, 3.05) is 19.8 Å². The van der Waals surface area contributed by atoms with Gasteiger partial charge < -0.3 is 9.64 Å². The molecule has 3 nitrogen and oxygen atoms in total.